The van der Waals surface area contributed by atoms with E-state index in [1.54, 1.807) is 6.07 Å². The Labute approximate surface area is 148 Å². The number of benzene rings is 2. The van der Waals surface area contributed by atoms with Crippen molar-refractivity contribution >= 4 is 27.3 Å². The maximum absolute atomic E-state index is 11.5. The SMILES string of the molecule is Cc1ccc([N+](=O)[O-])c2c1N[C@H](c1ccc(Br)cc1)[C@H]1CC=C[C@H]21. The Hall–Kier alpha value is -2.14. The van der Waals surface area contributed by atoms with Crippen molar-refractivity contribution in [2.24, 2.45) is 5.92 Å². The van der Waals surface area contributed by atoms with E-state index in [4.69, 9.17) is 0 Å². The average molecular weight is 385 g/mol. The van der Waals surface area contributed by atoms with Gasteiger partial charge in [0.25, 0.3) is 5.69 Å². The molecule has 1 aliphatic carbocycles. The molecule has 0 fully saturated rings. The Balaban J connectivity index is 1.86. The fourth-order valence-electron chi connectivity index (χ4n) is 3.99. The van der Waals surface area contributed by atoms with Crippen LogP contribution in [0.25, 0.3) is 0 Å². The van der Waals surface area contributed by atoms with E-state index in [1.807, 2.05) is 25.1 Å². The van der Waals surface area contributed by atoms with Crippen LogP contribution in [0.3, 0.4) is 0 Å². The van der Waals surface area contributed by atoms with Crippen LogP contribution in [-0.4, -0.2) is 4.92 Å². The highest BCUT2D eigenvalue weighted by Crippen LogP contribution is 2.53. The van der Waals surface area contributed by atoms with E-state index in [-0.39, 0.29) is 22.6 Å². The number of nitro groups is 1. The van der Waals surface area contributed by atoms with Gasteiger partial charge in [-0.15, -0.1) is 0 Å². The highest BCUT2D eigenvalue weighted by molar-refractivity contribution is 9.10. The number of anilines is 1. The molecule has 4 nitrogen and oxygen atoms in total. The Morgan fingerprint density at radius 1 is 1.21 bits per heavy atom. The summed E-state index contributed by atoms with van der Waals surface area (Å²) in [6, 6.07) is 12.0. The number of fused-ring (bicyclic) bond motifs is 3. The second-order valence-corrected chi connectivity index (χ2v) is 7.39. The van der Waals surface area contributed by atoms with Gasteiger partial charge in [0, 0.05) is 22.1 Å². The first-order valence-electron chi connectivity index (χ1n) is 8.03. The lowest BCUT2D eigenvalue weighted by Crippen LogP contribution is -2.30. The fourth-order valence-corrected chi connectivity index (χ4v) is 4.26. The number of aryl methyl sites for hydroxylation is 1. The van der Waals surface area contributed by atoms with Crippen molar-refractivity contribution in [2.75, 3.05) is 5.32 Å². The number of allylic oxidation sites excluding steroid dienone is 2. The van der Waals surface area contributed by atoms with Crippen LogP contribution in [-0.2, 0) is 0 Å². The van der Waals surface area contributed by atoms with Gasteiger partial charge in [-0.25, -0.2) is 0 Å². The van der Waals surface area contributed by atoms with Gasteiger partial charge in [0.2, 0.25) is 0 Å². The first kappa shape index (κ1) is 15.4. The summed E-state index contributed by atoms with van der Waals surface area (Å²) in [5, 5.41) is 15.1. The number of rotatable bonds is 2. The van der Waals surface area contributed by atoms with E-state index < -0.39 is 0 Å². The summed E-state index contributed by atoms with van der Waals surface area (Å²) in [6.45, 7) is 2.01. The van der Waals surface area contributed by atoms with Crippen molar-refractivity contribution < 1.29 is 4.92 Å². The van der Waals surface area contributed by atoms with Gasteiger partial charge >= 0.3 is 0 Å². The highest BCUT2D eigenvalue weighted by atomic mass is 79.9. The third-order valence-electron chi connectivity index (χ3n) is 5.13. The molecule has 1 heterocycles. The maximum Gasteiger partial charge on any atom is 0.275 e. The van der Waals surface area contributed by atoms with Crippen molar-refractivity contribution in [2.45, 2.75) is 25.3 Å². The third kappa shape index (κ3) is 2.35. The summed E-state index contributed by atoms with van der Waals surface area (Å²) in [5.41, 5.74) is 4.25. The Bertz CT molecular complexity index is 845. The molecule has 1 N–H and O–H groups in total. The topological polar surface area (TPSA) is 55.2 Å². The van der Waals surface area contributed by atoms with Crippen molar-refractivity contribution in [3.8, 4) is 0 Å². The van der Waals surface area contributed by atoms with Crippen LogP contribution in [0.2, 0.25) is 0 Å². The first-order chi connectivity index (χ1) is 11.6. The van der Waals surface area contributed by atoms with Gasteiger partial charge in [-0.05, 0) is 42.5 Å². The molecular formula is C19H17BrN2O2. The number of hydrogen-bond donors (Lipinski definition) is 1. The molecule has 0 saturated heterocycles. The van der Waals surface area contributed by atoms with Crippen molar-refractivity contribution in [1.29, 1.82) is 0 Å². The molecule has 0 unspecified atom stereocenters. The van der Waals surface area contributed by atoms with E-state index in [0.29, 0.717) is 5.92 Å². The number of nitrogens with one attached hydrogen (secondary N) is 1. The summed E-state index contributed by atoms with van der Waals surface area (Å²) >= 11 is 3.48. The van der Waals surface area contributed by atoms with Gasteiger partial charge in [-0.2, -0.15) is 0 Å². The van der Waals surface area contributed by atoms with E-state index >= 15 is 0 Å². The Morgan fingerprint density at radius 2 is 1.96 bits per heavy atom. The molecule has 0 amide bonds. The molecule has 5 heteroatoms. The van der Waals surface area contributed by atoms with Gasteiger partial charge in [0.15, 0.2) is 0 Å². The number of nitrogens with zero attached hydrogens (tertiary/aromatic N) is 1. The molecule has 1 aliphatic heterocycles. The smallest absolute Gasteiger partial charge is 0.275 e. The summed E-state index contributed by atoms with van der Waals surface area (Å²) in [6.07, 6.45) is 5.23. The molecule has 0 saturated carbocycles. The van der Waals surface area contributed by atoms with Crippen LogP contribution in [0, 0.1) is 23.0 Å². The lowest BCUT2D eigenvalue weighted by Gasteiger charge is -2.38. The monoisotopic (exact) mass is 384 g/mol. The normalized spacial score (nSPS) is 24.2. The number of halogens is 1. The average Bonchev–Trinajstić information content (AvgIpc) is 3.05. The highest BCUT2D eigenvalue weighted by Gasteiger charge is 2.42. The summed E-state index contributed by atoms with van der Waals surface area (Å²) < 4.78 is 1.05. The second kappa shape index (κ2) is 5.74. The van der Waals surface area contributed by atoms with Crippen LogP contribution < -0.4 is 5.32 Å². The molecule has 0 radical (unpaired) electrons. The lowest BCUT2D eigenvalue weighted by atomic mass is 9.76. The van der Waals surface area contributed by atoms with Crippen molar-refractivity contribution in [1.82, 2.24) is 0 Å². The first-order valence-corrected chi connectivity index (χ1v) is 8.82. The van der Waals surface area contributed by atoms with Crippen LogP contribution in [0.5, 0.6) is 0 Å². The Morgan fingerprint density at radius 3 is 2.67 bits per heavy atom. The molecule has 2 aromatic carbocycles. The van der Waals surface area contributed by atoms with E-state index in [1.165, 1.54) is 5.56 Å². The zero-order valence-electron chi connectivity index (χ0n) is 13.2. The molecule has 0 aromatic heterocycles. The molecule has 2 aliphatic rings. The number of hydrogen-bond acceptors (Lipinski definition) is 3. The van der Waals surface area contributed by atoms with Gasteiger partial charge in [0.1, 0.15) is 0 Å². The minimum Gasteiger partial charge on any atom is -0.377 e. The molecule has 4 rings (SSSR count). The molecule has 0 spiro atoms. The van der Waals surface area contributed by atoms with E-state index in [0.717, 1.165) is 27.7 Å². The van der Waals surface area contributed by atoms with Gasteiger partial charge < -0.3 is 5.32 Å². The van der Waals surface area contributed by atoms with Gasteiger partial charge in [-0.3, -0.25) is 10.1 Å². The van der Waals surface area contributed by atoms with Crippen LogP contribution in [0.4, 0.5) is 11.4 Å². The molecule has 0 bridgehead atoms. The van der Waals surface area contributed by atoms with Gasteiger partial charge in [-0.1, -0.05) is 46.3 Å². The van der Waals surface area contributed by atoms with Crippen molar-refractivity contribution in [3.05, 3.63) is 79.8 Å². The summed E-state index contributed by atoms with van der Waals surface area (Å²) in [7, 11) is 0. The molecule has 24 heavy (non-hydrogen) atoms. The number of nitro benzene ring substituents is 1. The van der Waals surface area contributed by atoms with Crippen LogP contribution in [0.1, 0.15) is 35.1 Å². The second-order valence-electron chi connectivity index (χ2n) is 6.47. The largest absolute Gasteiger partial charge is 0.377 e. The van der Waals surface area contributed by atoms with Crippen LogP contribution >= 0.6 is 15.9 Å². The standard InChI is InChI=1S/C19H17BrN2O2/c1-11-5-10-16(22(23)24)17-14-3-2-4-15(14)19(21-18(11)17)12-6-8-13(20)9-7-12/h2-3,5-10,14-15,19,21H,4H2,1H3/t14-,15-,19+/m0/s1. The molecule has 122 valence electrons. The molecule has 2 aromatic rings. The Kier molecular flexibility index (Phi) is 3.68. The van der Waals surface area contributed by atoms with Crippen molar-refractivity contribution in [3.63, 3.8) is 0 Å². The molecular weight excluding hydrogens is 368 g/mol. The van der Waals surface area contributed by atoms with Gasteiger partial charge in [0.05, 0.1) is 16.5 Å². The third-order valence-corrected chi connectivity index (χ3v) is 5.66. The van der Waals surface area contributed by atoms with E-state index in [9.17, 15) is 10.1 Å². The summed E-state index contributed by atoms with van der Waals surface area (Å²) in [5.74, 6) is 0.398. The van der Waals surface area contributed by atoms with Crippen LogP contribution in [0.15, 0.2) is 53.0 Å². The lowest BCUT2D eigenvalue weighted by molar-refractivity contribution is -0.385. The maximum atomic E-state index is 11.5. The minimum atomic E-state index is -0.261. The zero-order chi connectivity index (χ0) is 16.8. The predicted octanol–water partition coefficient (Wildman–Crippen LogP) is 5.49. The zero-order valence-corrected chi connectivity index (χ0v) is 14.8. The fraction of sp³-hybridized carbons (Fsp3) is 0.263. The van der Waals surface area contributed by atoms with E-state index in [2.05, 4.69) is 45.5 Å². The minimum absolute atomic E-state index is 0.0928. The molecule has 3 atom stereocenters. The predicted molar refractivity (Wildman–Crippen MR) is 98.3 cm³/mol. The quantitative estimate of drug-likeness (QED) is 0.422. The summed E-state index contributed by atoms with van der Waals surface area (Å²) in [4.78, 5) is 11.2.